The third-order valence-corrected chi connectivity index (χ3v) is 3.23. The zero-order valence-corrected chi connectivity index (χ0v) is 13.2. The van der Waals surface area contributed by atoms with Gasteiger partial charge in [-0.15, -0.1) is 0 Å². The molecule has 1 saturated heterocycles. The summed E-state index contributed by atoms with van der Waals surface area (Å²) in [5.74, 6) is 0. The molecule has 0 bridgehead atoms. The molecule has 2 nitrogen and oxygen atoms in total. The summed E-state index contributed by atoms with van der Waals surface area (Å²) in [7, 11) is 0. The second kappa shape index (κ2) is 9.38. The first-order valence-corrected chi connectivity index (χ1v) is 7.68. The van der Waals surface area contributed by atoms with E-state index in [1.165, 1.54) is 31.5 Å². The van der Waals surface area contributed by atoms with Gasteiger partial charge in [-0.2, -0.15) is 0 Å². The van der Waals surface area contributed by atoms with Crippen LogP contribution in [0.2, 0.25) is 0 Å². The van der Waals surface area contributed by atoms with Crippen molar-refractivity contribution in [3.05, 3.63) is 54.3 Å². The van der Waals surface area contributed by atoms with Crippen molar-refractivity contribution < 1.29 is 0 Å². The molecule has 0 amide bonds. The van der Waals surface area contributed by atoms with Crippen LogP contribution in [0.15, 0.2) is 48.7 Å². The molecular weight excluding hydrogens is 244 g/mol. The smallest absolute Gasteiger partial charge is 0.0384 e. The Bertz CT molecular complexity index is 412. The van der Waals surface area contributed by atoms with Gasteiger partial charge in [0.25, 0.3) is 0 Å². The second-order valence-electron chi connectivity index (χ2n) is 4.83. The minimum atomic E-state index is 0.921. The van der Waals surface area contributed by atoms with Crippen LogP contribution < -0.4 is 5.32 Å². The molecule has 20 heavy (non-hydrogen) atoms. The highest BCUT2D eigenvalue weighted by molar-refractivity contribution is 5.50. The summed E-state index contributed by atoms with van der Waals surface area (Å²) < 4.78 is 0. The van der Waals surface area contributed by atoms with Gasteiger partial charge in [0.05, 0.1) is 0 Å². The summed E-state index contributed by atoms with van der Waals surface area (Å²) in [6.07, 6.45) is 6.65. The Labute approximate surface area is 124 Å². The molecule has 110 valence electrons. The van der Waals surface area contributed by atoms with Crippen LogP contribution in [0, 0.1) is 0 Å². The highest BCUT2D eigenvalue weighted by Gasteiger charge is 2.11. The Hall–Kier alpha value is -1.54. The van der Waals surface area contributed by atoms with Gasteiger partial charge in [-0.25, -0.2) is 0 Å². The molecule has 1 aliphatic heterocycles. The first-order valence-electron chi connectivity index (χ1n) is 7.68. The fraction of sp³-hybridized carbons (Fsp3) is 0.444. The topological polar surface area (TPSA) is 15.3 Å². The molecule has 1 aromatic carbocycles. The number of likely N-dealkylation sites (tertiary alicyclic amines) is 1. The van der Waals surface area contributed by atoms with Crippen molar-refractivity contribution in [1.29, 1.82) is 0 Å². The van der Waals surface area contributed by atoms with Gasteiger partial charge < -0.3 is 5.32 Å². The summed E-state index contributed by atoms with van der Waals surface area (Å²) in [6.45, 7) is 13.5. The van der Waals surface area contributed by atoms with Crippen molar-refractivity contribution in [2.45, 2.75) is 40.2 Å². The van der Waals surface area contributed by atoms with E-state index in [2.05, 4.69) is 41.1 Å². The first-order chi connectivity index (χ1) is 9.78. The van der Waals surface area contributed by atoms with Gasteiger partial charge in [-0.1, -0.05) is 38.6 Å². The van der Waals surface area contributed by atoms with Gasteiger partial charge in [-0.05, 0) is 56.6 Å². The zero-order chi connectivity index (χ0) is 14.8. The average molecular weight is 272 g/mol. The maximum atomic E-state index is 3.94. The van der Waals surface area contributed by atoms with Gasteiger partial charge >= 0.3 is 0 Å². The lowest BCUT2D eigenvalue weighted by atomic mass is 10.2. The lowest BCUT2D eigenvalue weighted by Gasteiger charge is -2.15. The molecule has 0 aromatic heterocycles. The van der Waals surface area contributed by atoms with Gasteiger partial charge in [-0.3, -0.25) is 4.90 Å². The Balaban J connectivity index is 0.000000956. The predicted octanol–water partition coefficient (Wildman–Crippen LogP) is 4.81. The fourth-order valence-electron chi connectivity index (χ4n) is 2.32. The molecule has 0 radical (unpaired) electrons. The summed E-state index contributed by atoms with van der Waals surface area (Å²) >= 11 is 0. The Morgan fingerprint density at radius 1 is 1.20 bits per heavy atom. The molecule has 0 unspecified atom stereocenters. The van der Waals surface area contributed by atoms with Crippen LogP contribution in [-0.2, 0) is 6.54 Å². The van der Waals surface area contributed by atoms with Crippen molar-refractivity contribution >= 4 is 5.69 Å². The van der Waals surface area contributed by atoms with Gasteiger partial charge in [0, 0.05) is 17.9 Å². The van der Waals surface area contributed by atoms with E-state index in [0.29, 0.717) is 0 Å². The van der Waals surface area contributed by atoms with Crippen LogP contribution in [0.4, 0.5) is 5.69 Å². The molecular formula is C18H28N2. The van der Waals surface area contributed by atoms with Crippen LogP contribution >= 0.6 is 0 Å². The lowest BCUT2D eigenvalue weighted by molar-refractivity contribution is 0.331. The van der Waals surface area contributed by atoms with E-state index in [0.717, 1.165) is 17.9 Å². The molecule has 2 rings (SSSR count). The van der Waals surface area contributed by atoms with Crippen LogP contribution in [0.1, 0.15) is 39.2 Å². The molecule has 1 aliphatic rings. The first kappa shape index (κ1) is 16.5. The van der Waals surface area contributed by atoms with Crippen LogP contribution in [0.3, 0.4) is 0 Å². The number of nitrogens with one attached hydrogen (secondary N) is 1. The fourth-order valence-corrected chi connectivity index (χ4v) is 2.32. The monoisotopic (exact) mass is 272 g/mol. The minimum absolute atomic E-state index is 0.921. The maximum absolute atomic E-state index is 3.94. The number of rotatable bonds is 5. The largest absolute Gasteiger partial charge is 0.356 e. The van der Waals surface area contributed by atoms with E-state index in [4.69, 9.17) is 0 Å². The van der Waals surface area contributed by atoms with Crippen LogP contribution in [0.25, 0.3) is 0 Å². The summed E-state index contributed by atoms with van der Waals surface area (Å²) in [5, 5.41) is 3.27. The lowest BCUT2D eigenvalue weighted by Crippen LogP contribution is -2.18. The Morgan fingerprint density at radius 2 is 1.80 bits per heavy atom. The molecule has 1 N–H and O–H groups in total. The average Bonchev–Trinajstić information content (AvgIpc) is 2.96. The number of allylic oxidation sites excluding steroid dienone is 2. The molecule has 0 aliphatic carbocycles. The summed E-state index contributed by atoms with van der Waals surface area (Å²) in [4.78, 5) is 2.52. The van der Waals surface area contributed by atoms with Gasteiger partial charge in [0.2, 0.25) is 0 Å². The molecule has 0 saturated carbocycles. The Morgan fingerprint density at radius 3 is 2.35 bits per heavy atom. The van der Waals surface area contributed by atoms with Crippen LogP contribution in [0.5, 0.6) is 0 Å². The molecule has 0 spiro atoms. The summed E-state index contributed by atoms with van der Waals surface area (Å²) in [6, 6.07) is 8.65. The number of hydrogen-bond donors (Lipinski definition) is 1. The predicted molar refractivity (Wildman–Crippen MR) is 89.9 cm³/mol. The normalized spacial score (nSPS) is 14.9. The number of anilines is 1. The SMILES string of the molecule is C=C(/C=C/C)Nc1ccc(CN2CCCC2)cc1.CC. The molecule has 1 fully saturated rings. The molecule has 0 atom stereocenters. The molecule has 2 heteroatoms. The van der Waals surface area contributed by atoms with Crippen molar-refractivity contribution in [2.24, 2.45) is 0 Å². The van der Waals surface area contributed by atoms with Crippen molar-refractivity contribution in [1.82, 2.24) is 4.90 Å². The van der Waals surface area contributed by atoms with E-state index in [9.17, 15) is 0 Å². The quantitative estimate of drug-likeness (QED) is 0.774. The number of nitrogens with zero attached hydrogens (tertiary/aromatic N) is 1. The zero-order valence-electron chi connectivity index (χ0n) is 13.2. The maximum Gasteiger partial charge on any atom is 0.0384 e. The van der Waals surface area contributed by atoms with Crippen molar-refractivity contribution in [2.75, 3.05) is 18.4 Å². The van der Waals surface area contributed by atoms with E-state index >= 15 is 0 Å². The van der Waals surface area contributed by atoms with E-state index < -0.39 is 0 Å². The van der Waals surface area contributed by atoms with E-state index in [1.807, 2.05) is 32.9 Å². The van der Waals surface area contributed by atoms with Gasteiger partial charge in [0.1, 0.15) is 0 Å². The highest BCUT2D eigenvalue weighted by atomic mass is 15.1. The Kier molecular flexibility index (Phi) is 7.74. The standard InChI is InChI=1S/C16H22N2.C2H6/c1-3-6-14(2)17-16-9-7-15(8-10-16)13-18-11-4-5-12-18;1-2/h3,6-10,17H,2,4-5,11-13H2,1H3;1-2H3/b6-3+;. The van der Waals surface area contributed by atoms with E-state index in [-0.39, 0.29) is 0 Å². The molecule has 1 heterocycles. The van der Waals surface area contributed by atoms with Crippen LogP contribution in [-0.4, -0.2) is 18.0 Å². The van der Waals surface area contributed by atoms with Gasteiger partial charge in [0.15, 0.2) is 0 Å². The minimum Gasteiger partial charge on any atom is -0.356 e. The second-order valence-corrected chi connectivity index (χ2v) is 4.83. The third-order valence-electron chi connectivity index (χ3n) is 3.23. The highest BCUT2D eigenvalue weighted by Crippen LogP contribution is 2.16. The number of benzene rings is 1. The number of hydrogen-bond acceptors (Lipinski definition) is 2. The van der Waals surface area contributed by atoms with E-state index in [1.54, 1.807) is 0 Å². The van der Waals surface area contributed by atoms with Crippen molar-refractivity contribution in [3.63, 3.8) is 0 Å². The molecule has 1 aromatic rings. The van der Waals surface area contributed by atoms with Crippen molar-refractivity contribution in [3.8, 4) is 0 Å². The summed E-state index contributed by atoms with van der Waals surface area (Å²) in [5.41, 5.74) is 3.41. The third kappa shape index (κ3) is 5.62.